The first-order valence-corrected chi connectivity index (χ1v) is 7.08. The van der Waals surface area contributed by atoms with Crippen molar-refractivity contribution in [3.63, 3.8) is 0 Å². The highest BCUT2D eigenvalue weighted by atomic mass is 16.1. The fraction of sp³-hybridized carbons (Fsp3) is 0.929. The molecule has 0 heterocycles. The van der Waals surface area contributed by atoms with E-state index in [1.807, 2.05) is 48.6 Å². The fourth-order valence-electron chi connectivity index (χ4n) is 1.03. The Labute approximate surface area is 109 Å². The number of unbranched alkanes of at least 4 members (excludes halogenated alkanes) is 1. The summed E-state index contributed by atoms with van der Waals surface area (Å²) in [6.45, 7) is 14.9. The van der Waals surface area contributed by atoms with Crippen LogP contribution in [-0.2, 0) is 4.79 Å². The lowest BCUT2D eigenvalue weighted by molar-refractivity contribution is -0.125. The highest BCUT2D eigenvalue weighted by molar-refractivity contribution is 5.78. The van der Waals surface area contributed by atoms with E-state index in [-0.39, 0.29) is 17.9 Å². The van der Waals surface area contributed by atoms with Crippen LogP contribution in [0.25, 0.3) is 0 Å². The second-order valence-electron chi connectivity index (χ2n) is 3.51. The van der Waals surface area contributed by atoms with Crippen molar-refractivity contribution in [3.05, 3.63) is 0 Å². The van der Waals surface area contributed by atoms with Crippen LogP contribution in [0.2, 0.25) is 0 Å². The summed E-state index contributed by atoms with van der Waals surface area (Å²) >= 11 is 0. The molecule has 0 aromatic carbocycles. The Balaban J connectivity index is -0.000000439. The van der Waals surface area contributed by atoms with Gasteiger partial charge < -0.3 is 10.6 Å². The average Bonchev–Trinajstić information content (AvgIpc) is 2.41. The van der Waals surface area contributed by atoms with Crippen LogP contribution in [0, 0.1) is 5.92 Å². The minimum Gasteiger partial charge on any atom is -0.356 e. The predicted molar refractivity (Wildman–Crippen MR) is 78.3 cm³/mol. The molecule has 0 saturated heterocycles. The quantitative estimate of drug-likeness (QED) is 0.707. The van der Waals surface area contributed by atoms with Gasteiger partial charge in [0.15, 0.2) is 0 Å². The molecule has 0 aliphatic rings. The van der Waals surface area contributed by atoms with Crippen molar-refractivity contribution in [2.24, 2.45) is 5.92 Å². The molecule has 0 bridgehead atoms. The van der Waals surface area contributed by atoms with Gasteiger partial charge in [-0.05, 0) is 20.4 Å². The van der Waals surface area contributed by atoms with Crippen LogP contribution in [0.15, 0.2) is 0 Å². The van der Waals surface area contributed by atoms with E-state index in [2.05, 4.69) is 17.6 Å². The monoisotopic (exact) mass is 246 g/mol. The summed E-state index contributed by atoms with van der Waals surface area (Å²) < 4.78 is 0. The molecule has 0 rings (SSSR count). The van der Waals surface area contributed by atoms with E-state index in [1.54, 1.807) is 0 Å². The van der Waals surface area contributed by atoms with Gasteiger partial charge in [0.2, 0.25) is 5.91 Å². The summed E-state index contributed by atoms with van der Waals surface area (Å²) in [5.74, 6) is 0.192. The van der Waals surface area contributed by atoms with Crippen molar-refractivity contribution in [1.29, 1.82) is 0 Å². The smallest absolute Gasteiger partial charge is 0.224 e. The summed E-state index contributed by atoms with van der Waals surface area (Å²) in [6, 6.07) is 0.238. The zero-order chi connectivity index (χ0) is 14.3. The number of hydrogen-bond donors (Lipinski definition) is 2. The second-order valence-corrected chi connectivity index (χ2v) is 3.51. The van der Waals surface area contributed by atoms with E-state index in [4.69, 9.17) is 0 Å². The van der Waals surface area contributed by atoms with E-state index in [9.17, 15) is 4.79 Å². The summed E-state index contributed by atoms with van der Waals surface area (Å²) in [4.78, 5) is 11.5. The van der Waals surface area contributed by atoms with Crippen LogP contribution in [-0.4, -0.2) is 25.5 Å². The Morgan fingerprint density at radius 3 is 1.94 bits per heavy atom. The average molecular weight is 246 g/mol. The first-order chi connectivity index (χ1) is 8.13. The molecule has 0 fully saturated rings. The van der Waals surface area contributed by atoms with Gasteiger partial charge in [-0.1, -0.05) is 48.0 Å². The van der Waals surface area contributed by atoms with Gasteiger partial charge in [0, 0.05) is 12.6 Å². The lowest BCUT2D eigenvalue weighted by atomic mass is 10.0. The normalized spacial score (nSPS) is 12.2. The summed E-state index contributed by atoms with van der Waals surface area (Å²) in [5, 5.41) is 5.99. The van der Waals surface area contributed by atoms with Gasteiger partial charge in [-0.15, -0.1) is 0 Å². The molecule has 2 N–H and O–H groups in total. The van der Waals surface area contributed by atoms with E-state index < -0.39 is 0 Å². The maximum absolute atomic E-state index is 11.5. The molecule has 3 nitrogen and oxygen atoms in total. The van der Waals surface area contributed by atoms with Gasteiger partial charge in [0.25, 0.3) is 0 Å². The van der Waals surface area contributed by atoms with E-state index in [1.165, 1.54) is 0 Å². The maximum atomic E-state index is 11.5. The topological polar surface area (TPSA) is 41.1 Å². The van der Waals surface area contributed by atoms with Gasteiger partial charge in [0.05, 0.1) is 5.92 Å². The lowest BCUT2D eigenvalue weighted by Gasteiger charge is -2.18. The molecule has 2 unspecified atom stereocenters. The third-order valence-electron chi connectivity index (χ3n) is 2.45. The number of carbonyl (C=O) groups excluding carboxylic acids is 1. The number of nitrogens with one attached hydrogen (secondary N) is 2. The second kappa shape index (κ2) is 17.8. The molecule has 0 radical (unpaired) electrons. The number of carbonyl (C=O) groups is 1. The van der Waals surface area contributed by atoms with Gasteiger partial charge >= 0.3 is 0 Å². The third-order valence-corrected chi connectivity index (χ3v) is 2.45. The van der Waals surface area contributed by atoms with E-state index in [0.717, 1.165) is 19.4 Å². The summed E-state index contributed by atoms with van der Waals surface area (Å²) in [5.41, 5.74) is 0. The van der Waals surface area contributed by atoms with Crippen LogP contribution < -0.4 is 10.6 Å². The van der Waals surface area contributed by atoms with Gasteiger partial charge in [-0.2, -0.15) is 0 Å². The van der Waals surface area contributed by atoms with Crippen LogP contribution in [0.4, 0.5) is 0 Å². The molecule has 0 spiro atoms. The number of hydrogen-bond acceptors (Lipinski definition) is 2. The molecule has 106 valence electrons. The summed E-state index contributed by atoms with van der Waals surface area (Å²) in [6.07, 6.45) is 2.18. The Morgan fingerprint density at radius 1 is 1.12 bits per heavy atom. The SMILES string of the molecule is CC.CC.CCCCNC(=O)C(C)C(C)NC. The Kier molecular flexibility index (Phi) is 22.7. The zero-order valence-corrected chi connectivity index (χ0v) is 13.2. The van der Waals surface area contributed by atoms with Crippen molar-refractivity contribution in [3.8, 4) is 0 Å². The van der Waals surface area contributed by atoms with Crippen LogP contribution in [0.1, 0.15) is 61.3 Å². The fourth-order valence-corrected chi connectivity index (χ4v) is 1.03. The van der Waals surface area contributed by atoms with Crippen LogP contribution >= 0.6 is 0 Å². The molecule has 3 heteroatoms. The van der Waals surface area contributed by atoms with E-state index >= 15 is 0 Å². The van der Waals surface area contributed by atoms with Crippen molar-refractivity contribution in [2.75, 3.05) is 13.6 Å². The molecule has 0 aliphatic heterocycles. The largest absolute Gasteiger partial charge is 0.356 e. The number of amides is 1. The van der Waals surface area contributed by atoms with E-state index in [0.29, 0.717) is 0 Å². The molecular weight excluding hydrogens is 212 g/mol. The molecule has 17 heavy (non-hydrogen) atoms. The Bertz CT molecular complexity index is 149. The molecule has 0 aromatic rings. The standard InChI is InChI=1S/C10H22N2O.2C2H6/c1-5-6-7-12-10(13)8(2)9(3)11-4;2*1-2/h8-9,11H,5-7H2,1-4H3,(H,12,13);2*1-2H3. The molecule has 0 aliphatic carbocycles. The Morgan fingerprint density at radius 2 is 1.59 bits per heavy atom. The third kappa shape index (κ3) is 13.4. The summed E-state index contributed by atoms with van der Waals surface area (Å²) in [7, 11) is 1.88. The highest BCUT2D eigenvalue weighted by Gasteiger charge is 2.17. The first kappa shape index (κ1) is 21.7. The van der Waals surface area contributed by atoms with Gasteiger partial charge in [-0.25, -0.2) is 0 Å². The van der Waals surface area contributed by atoms with Crippen molar-refractivity contribution in [2.45, 2.75) is 67.3 Å². The number of rotatable bonds is 6. The molecule has 1 amide bonds. The highest BCUT2D eigenvalue weighted by Crippen LogP contribution is 2.01. The van der Waals surface area contributed by atoms with Gasteiger partial charge in [-0.3, -0.25) is 4.79 Å². The minimum atomic E-state index is 0.0434. The maximum Gasteiger partial charge on any atom is 0.224 e. The lowest BCUT2D eigenvalue weighted by Crippen LogP contribution is -2.40. The zero-order valence-electron chi connectivity index (χ0n) is 13.2. The van der Waals surface area contributed by atoms with Crippen molar-refractivity contribution >= 4 is 5.91 Å². The van der Waals surface area contributed by atoms with Crippen molar-refractivity contribution in [1.82, 2.24) is 10.6 Å². The first-order valence-electron chi connectivity index (χ1n) is 7.08. The van der Waals surface area contributed by atoms with Gasteiger partial charge in [0.1, 0.15) is 0 Å². The van der Waals surface area contributed by atoms with Crippen molar-refractivity contribution < 1.29 is 4.79 Å². The molecular formula is C14H34N2O. The van der Waals surface area contributed by atoms with Crippen LogP contribution in [0.3, 0.4) is 0 Å². The Hall–Kier alpha value is -0.570. The molecule has 2 atom stereocenters. The molecule has 0 aromatic heterocycles. The minimum absolute atomic E-state index is 0.0434. The molecule has 0 saturated carbocycles. The predicted octanol–water partition coefficient (Wildman–Crippen LogP) is 3.20. The van der Waals surface area contributed by atoms with Crippen LogP contribution in [0.5, 0.6) is 0 Å².